The molecule has 2 aromatic carbocycles. The monoisotopic (exact) mass is 411 g/mol. The predicted molar refractivity (Wildman–Crippen MR) is 109 cm³/mol. The van der Waals surface area contributed by atoms with E-state index in [1.54, 1.807) is 12.0 Å². The molecular formula is C21H21N3O6. The normalized spacial score (nSPS) is 10.7. The second-order valence-corrected chi connectivity index (χ2v) is 6.54. The van der Waals surface area contributed by atoms with Crippen LogP contribution in [0.25, 0.3) is 11.0 Å². The van der Waals surface area contributed by atoms with Crippen LogP contribution in [-0.2, 0) is 20.8 Å². The van der Waals surface area contributed by atoms with E-state index in [2.05, 4.69) is 9.97 Å². The lowest BCUT2D eigenvalue weighted by atomic mass is 10.2. The topological polar surface area (TPSA) is 122 Å². The van der Waals surface area contributed by atoms with Crippen LogP contribution < -0.4 is 11.1 Å². The van der Waals surface area contributed by atoms with Gasteiger partial charge in [0.2, 0.25) is 0 Å². The largest absolute Gasteiger partial charge is 0.452 e. The molecule has 0 aliphatic heterocycles. The second kappa shape index (κ2) is 9.66. The Labute approximate surface area is 171 Å². The Balaban J connectivity index is 1.67. The summed E-state index contributed by atoms with van der Waals surface area (Å²) >= 11 is 0. The number of carbonyl (C=O) groups excluding carboxylic acids is 2. The molecule has 3 aromatic rings. The highest BCUT2D eigenvalue weighted by atomic mass is 16.5. The molecule has 1 heterocycles. The van der Waals surface area contributed by atoms with Gasteiger partial charge in [0, 0.05) is 20.2 Å². The summed E-state index contributed by atoms with van der Waals surface area (Å²) in [5.41, 5.74) is 0.146. The maximum absolute atomic E-state index is 12.6. The van der Waals surface area contributed by atoms with E-state index in [4.69, 9.17) is 9.47 Å². The Morgan fingerprint density at radius 1 is 0.967 bits per heavy atom. The molecule has 0 unspecified atom stereocenters. The van der Waals surface area contributed by atoms with E-state index < -0.39 is 23.7 Å². The average Bonchev–Trinajstić information content (AvgIpc) is 2.76. The summed E-state index contributed by atoms with van der Waals surface area (Å²) in [6, 6.07) is 13.8. The van der Waals surface area contributed by atoms with Gasteiger partial charge in [0.25, 0.3) is 5.91 Å². The van der Waals surface area contributed by atoms with E-state index in [0.29, 0.717) is 25.2 Å². The van der Waals surface area contributed by atoms with Crippen LogP contribution >= 0.6 is 0 Å². The summed E-state index contributed by atoms with van der Waals surface area (Å²) in [5, 5.41) is 0. The van der Waals surface area contributed by atoms with Crippen molar-refractivity contribution < 1.29 is 19.1 Å². The number of methoxy groups -OCH3 is 1. The van der Waals surface area contributed by atoms with Crippen LogP contribution in [-0.4, -0.2) is 53.6 Å². The number of hydrogen-bond acceptors (Lipinski definition) is 6. The molecule has 9 nitrogen and oxygen atoms in total. The summed E-state index contributed by atoms with van der Waals surface area (Å²) in [6.07, 6.45) is 0. The maximum atomic E-state index is 12.6. The molecule has 0 spiro atoms. The number of aromatic amines is 2. The molecule has 156 valence electrons. The third kappa shape index (κ3) is 5.21. The van der Waals surface area contributed by atoms with Crippen LogP contribution in [0.5, 0.6) is 0 Å². The van der Waals surface area contributed by atoms with Crippen molar-refractivity contribution >= 4 is 22.9 Å². The van der Waals surface area contributed by atoms with Crippen LogP contribution in [0, 0.1) is 0 Å². The first-order valence-electron chi connectivity index (χ1n) is 9.22. The lowest BCUT2D eigenvalue weighted by Gasteiger charge is -2.22. The highest BCUT2D eigenvalue weighted by molar-refractivity contribution is 5.94. The number of aromatic nitrogens is 2. The molecule has 0 saturated heterocycles. The molecule has 1 amide bonds. The summed E-state index contributed by atoms with van der Waals surface area (Å²) in [7, 11) is 1.54. The molecule has 0 fully saturated rings. The minimum atomic E-state index is -0.821. The van der Waals surface area contributed by atoms with Gasteiger partial charge in [-0.2, -0.15) is 0 Å². The Morgan fingerprint density at radius 3 is 2.37 bits per heavy atom. The SMILES string of the molecule is COCCN(Cc1ccccc1)C(=O)COC(=O)c1ccc2[nH]c(=O)c(=O)[nH]c2c1. The molecule has 2 N–H and O–H groups in total. The maximum Gasteiger partial charge on any atom is 0.338 e. The predicted octanol–water partition coefficient (Wildman–Crippen LogP) is 1.05. The zero-order valence-electron chi connectivity index (χ0n) is 16.3. The van der Waals surface area contributed by atoms with Gasteiger partial charge < -0.3 is 24.3 Å². The zero-order chi connectivity index (χ0) is 21.5. The molecule has 0 saturated carbocycles. The Bertz CT molecular complexity index is 1150. The van der Waals surface area contributed by atoms with E-state index in [1.165, 1.54) is 18.2 Å². The van der Waals surface area contributed by atoms with E-state index in [9.17, 15) is 19.2 Å². The highest BCUT2D eigenvalue weighted by Crippen LogP contribution is 2.11. The number of amides is 1. The molecule has 0 radical (unpaired) electrons. The number of benzene rings is 2. The summed E-state index contributed by atoms with van der Waals surface area (Å²) < 4.78 is 10.2. The lowest BCUT2D eigenvalue weighted by molar-refractivity contribution is -0.135. The van der Waals surface area contributed by atoms with Crippen molar-refractivity contribution in [3.63, 3.8) is 0 Å². The highest BCUT2D eigenvalue weighted by Gasteiger charge is 2.17. The first-order valence-corrected chi connectivity index (χ1v) is 9.22. The third-order valence-corrected chi connectivity index (χ3v) is 4.42. The van der Waals surface area contributed by atoms with Crippen LogP contribution in [0.2, 0.25) is 0 Å². The van der Waals surface area contributed by atoms with Crippen molar-refractivity contribution in [1.82, 2.24) is 14.9 Å². The Hall–Kier alpha value is -3.72. The molecular weight excluding hydrogens is 390 g/mol. The second-order valence-electron chi connectivity index (χ2n) is 6.54. The number of hydrogen-bond donors (Lipinski definition) is 2. The minimum Gasteiger partial charge on any atom is -0.452 e. The number of fused-ring (bicyclic) bond motifs is 1. The molecule has 1 aromatic heterocycles. The van der Waals surface area contributed by atoms with Crippen LogP contribution in [0.15, 0.2) is 58.1 Å². The van der Waals surface area contributed by atoms with Gasteiger partial charge in [0.15, 0.2) is 6.61 Å². The van der Waals surface area contributed by atoms with Gasteiger partial charge in [-0.15, -0.1) is 0 Å². The van der Waals surface area contributed by atoms with Gasteiger partial charge in [-0.05, 0) is 23.8 Å². The number of rotatable bonds is 8. The van der Waals surface area contributed by atoms with Gasteiger partial charge in [0.1, 0.15) is 0 Å². The molecule has 0 aliphatic rings. The minimum absolute atomic E-state index is 0.143. The van der Waals surface area contributed by atoms with E-state index in [-0.39, 0.29) is 17.0 Å². The number of carbonyl (C=O) groups is 2. The van der Waals surface area contributed by atoms with Gasteiger partial charge >= 0.3 is 17.1 Å². The van der Waals surface area contributed by atoms with Gasteiger partial charge in [-0.1, -0.05) is 30.3 Å². The number of nitrogens with zero attached hydrogens (tertiary/aromatic N) is 1. The molecule has 3 rings (SSSR count). The first kappa shape index (κ1) is 21.0. The van der Waals surface area contributed by atoms with Gasteiger partial charge in [-0.25, -0.2) is 4.79 Å². The van der Waals surface area contributed by atoms with Crippen molar-refractivity contribution in [2.75, 3.05) is 26.9 Å². The van der Waals surface area contributed by atoms with E-state index in [0.717, 1.165) is 5.56 Å². The van der Waals surface area contributed by atoms with Crippen molar-refractivity contribution in [1.29, 1.82) is 0 Å². The number of H-pyrrole nitrogens is 2. The average molecular weight is 411 g/mol. The van der Waals surface area contributed by atoms with Gasteiger partial charge in [0.05, 0.1) is 23.2 Å². The zero-order valence-corrected chi connectivity index (χ0v) is 16.3. The molecule has 0 aliphatic carbocycles. The van der Waals surface area contributed by atoms with Crippen LogP contribution in [0.4, 0.5) is 0 Å². The summed E-state index contributed by atoms with van der Waals surface area (Å²) in [4.78, 5) is 54.1. The van der Waals surface area contributed by atoms with Crippen molar-refractivity contribution in [2.24, 2.45) is 0 Å². The fraction of sp³-hybridized carbons (Fsp3) is 0.238. The lowest BCUT2D eigenvalue weighted by Crippen LogP contribution is -2.36. The molecule has 0 atom stereocenters. The number of ether oxygens (including phenoxy) is 2. The first-order chi connectivity index (χ1) is 14.5. The third-order valence-electron chi connectivity index (χ3n) is 4.42. The Morgan fingerprint density at radius 2 is 1.67 bits per heavy atom. The fourth-order valence-corrected chi connectivity index (χ4v) is 2.84. The van der Waals surface area contributed by atoms with E-state index >= 15 is 0 Å². The quantitative estimate of drug-likeness (QED) is 0.422. The Kier molecular flexibility index (Phi) is 6.76. The van der Waals surface area contributed by atoms with Crippen LogP contribution in [0.1, 0.15) is 15.9 Å². The summed E-state index contributed by atoms with van der Waals surface area (Å²) in [6.45, 7) is 0.635. The standard InChI is InChI=1S/C21H21N3O6/c1-29-10-9-24(12-14-5-3-2-4-6-14)18(25)13-30-21(28)15-7-8-16-17(11-15)23-20(27)19(26)22-16/h2-8,11H,9-10,12-13H2,1H3,(H,22,26)(H,23,27). The smallest absolute Gasteiger partial charge is 0.338 e. The fourth-order valence-electron chi connectivity index (χ4n) is 2.84. The molecule has 30 heavy (non-hydrogen) atoms. The van der Waals surface area contributed by atoms with Crippen LogP contribution in [0.3, 0.4) is 0 Å². The van der Waals surface area contributed by atoms with Gasteiger partial charge in [-0.3, -0.25) is 14.4 Å². The van der Waals surface area contributed by atoms with Crippen molar-refractivity contribution in [2.45, 2.75) is 6.54 Å². The summed E-state index contributed by atoms with van der Waals surface area (Å²) in [5.74, 6) is -1.08. The number of nitrogens with one attached hydrogen (secondary N) is 2. The molecule has 0 bridgehead atoms. The van der Waals surface area contributed by atoms with E-state index in [1.807, 2.05) is 30.3 Å². The van der Waals surface area contributed by atoms with Crippen molar-refractivity contribution in [3.05, 3.63) is 80.4 Å². The number of esters is 1. The van der Waals surface area contributed by atoms with Crippen molar-refractivity contribution in [3.8, 4) is 0 Å². The molecule has 9 heteroatoms.